The Morgan fingerprint density at radius 1 is 1.36 bits per heavy atom. The molecule has 6 nitrogen and oxygen atoms in total. The largest absolute Gasteiger partial charge is 0.352 e. The minimum absolute atomic E-state index is 0.0437. The van der Waals surface area contributed by atoms with Gasteiger partial charge >= 0.3 is 6.03 Å². The molecule has 1 spiro atoms. The van der Waals surface area contributed by atoms with Crippen molar-refractivity contribution >= 4 is 17.8 Å². The molecule has 1 saturated heterocycles. The number of carbonyl (C=O) groups excluding carboxylic acids is 3. The first kappa shape index (κ1) is 16.8. The van der Waals surface area contributed by atoms with Crippen molar-refractivity contribution in [1.29, 1.82) is 0 Å². The first-order valence-corrected chi connectivity index (χ1v) is 8.35. The molecule has 0 unspecified atom stereocenters. The highest BCUT2D eigenvalue weighted by Gasteiger charge is 2.52. The van der Waals surface area contributed by atoms with E-state index in [4.69, 9.17) is 0 Å². The molecule has 2 aliphatic rings. The summed E-state index contributed by atoms with van der Waals surface area (Å²) in [5.74, 6) is 0.126. The lowest BCUT2D eigenvalue weighted by molar-refractivity contribution is -0.136. The van der Waals surface area contributed by atoms with Crippen LogP contribution in [0.2, 0.25) is 0 Å². The fourth-order valence-electron chi connectivity index (χ4n) is 3.30. The van der Waals surface area contributed by atoms with Crippen LogP contribution in [0.4, 0.5) is 4.79 Å². The summed E-state index contributed by atoms with van der Waals surface area (Å²) >= 11 is 0. The van der Waals surface area contributed by atoms with Crippen LogP contribution in [0.25, 0.3) is 0 Å². The van der Waals surface area contributed by atoms with Crippen molar-refractivity contribution in [3.05, 3.63) is 0 Å². The van der Waals surface area contributed by atoms with Crippen molar-refractivity contribution in [2.24, 2.45) is 5.92 Å². The zero-order valence-electron chi connectivity index (χ0n) is 13.8. The Morgan fingerprint density at radius 2 is 2.00 bits per heavy atom. The molecule has 1 saturated carbocycles. The molecule has 0 bridgehead atoms. The number of nitrogens with zero attached hydrogens (tertiary/aromatic N) is 1. The van der Waals surface area contributed by atoms with E-state index < -0.39 is 11.6 Å². The van der Waals surface area contributed by atoms with E-state index in [1.807, 2.05) is 13.8 Å². The van der Waals surface area contributed by atoms with Crippen molar-refractivity contribution in [1.82, 2.24) is 15.5 Å². The third-order valence-electron chi connectivity index (χ3n) is 5.10. The Labute approximate surface area is 132 Å². The first-order chi connectivity index (χ1) is 10.4. The molecule has 1 atom stereocenters. The standard InChI is InChI=1S/C16H27N3O3/c1-4-11(3)17-13(20)10-19-14(21)16(18-15(19)22)8-6-12(5-2)7-9-16/h11-12H,4-10H2,1-3H3,(H,17,20)(H,18,22)/t11-,12?,16?/m0/s1. The molecule has 2 N–H and O–H groups in total. The van der Waals surface area contributed by atoms with Crippen molar-refractivity contribution in [3.63, 3.8) is 0 Å². The minimum Gasteiger partial charge on any atom is -0.352 e. The van der Waals surface area contributed by atoms with Crippen LogP contribution in [-0.4, -0.2) is 40.9 Å². The highest BCUT2D eigenvalue weighted by atomic mass is 16.2. The van der Waals surface area contributed by atoms with Crippen molar-refractivity contribution < 1.29 is 14.4 Å². The zero-order valence-corrected chi connectivity index (χ0v) is 13.8. The molecule has 0 aromatic rings. The van der Waals surface area contributed by atoms with Gasteiger partial charge in [0.25, 0.3) is 5.91 Å². The molecule has 124 valence electrons. The fraction of sp³-hybridized carbons (Fsp3) is 0.812. The molecule has 1 heterocycles. The van der Waals surface area contributed by atoms with Gasteiger partial charge in [-0.05, 0) is 44.9 Å². The second-order valence-electron chi connectivity index (χ2n) is 6.63. The highest BCUT2D eigenvalue weighted by molar-refractivity contribution is 6.09. The second kappa shape index (κ2) is 6.67. The lowest BCUT2D eigenvalue weighted by Crippen LogP contribution is -2.50. The number of hydrogen-bond donors (Lipinski definition) is 2. The summed E-state index contributed by atoms with van der Waals surface area (Å²) in [6.45, 7) is 5.84. The van der Waals surface area contributed by atoms with Crippen LogP contribution in [0.5, 0.6) is 0 Å². The van der Waals surface area contributed by atoms with Crippen LogP contribution in [0.3, 0.4) is 0 Å². The van der Waals surface area contributed by atoms with Crippen LogP contribution >= 0.6 is 0 Å². The number of nitrogens with one attached hydrogen (secondary N) is 2. The topological polar surface area (TPSA) is 78.5 Å². The molecule has 0 aromatic carbocycles. The van der Waals surface area contributed by atoms with Crippen molar-refractivity contribution in [3.8, 4) is 0 Å². The van der Waals surface area contributed by atoms with Gasteiger partial charge in [0, 0.05) is 6.04 Å². The van der Waals surface area contributed by atoms with Crippen molar-refractivity contribution in [2.75, 3.05) is 6.54 Å². The predicted octanol–water partition coefficient (Wildman–Crippen LogP) is 1.79. The van der Waals surface area contributed by atoms with E-state index in [0.717, 1.165) is 30.6 Å². The van der Waals surface area contributed by atoms with Gasteiger partial charge in [0.1, 0.15) is 12.1 Å². The SMILES string of the molecule is CCC1CCC2(CC1)NC(=O)N(CC(=O)N[C@@H](C)CC)C2=O. The second-order valence-corrected chi connectivity index (χ2v) is 6.63. The molecule has 4 amide bonds. The summed E-state index contributed by atoms with van der Waals surface area (Å²) in [4.78, 5) is 37.8. The average Bonchev–Trinajstić information content (AvgIpc) is 2.72. The van der Waals surface area contributed by atoms with Crippen molar-refractivity contribution in [2.45, 2.75) is 70.9 Å². The van der Waals surface area contributed by atoms with Gasteiger partial charge in [-0.15, -0.1) is 0 Å². The van der Waals surface area contributed by atoms with E-state index >= 15 is 0 Å². The maximum Gasteiger partial charge on any atom is 0.325 e. The molecule has 2 rings (SSSR count). The first-order valence-electron chi connectivity index (χ1n) is 8.35. The van der Waals surface area contributed by atoms with E-state index in [1.165, 1.54) is 0 Å². The maximum absolute atomic E-state index is 12.6. The smallest absolute Gasteiger partial charge is 0.325 e. The molecule has 0 aromatic heterocycles. The molecule has 6 heteroatoms. The summed E-state index contributed by atoms with van der Waals surface area (Å²) in [5, 5.41) is 5.64. The molecule has 1 aliphatic carbocycles. The van der Waals surface area contributed by atoms with Gasteiger partial charge < -0.3 is 10.6 Å². The maximum atomic E-state index is 12.6. The number of imide groups is 1. The minimum atomic E-state index is -0.764. The van der Waals surface area contributed by atoms with Crippen LogP contribution < -0.4 is 10.6 Å². The quantitative estimate of drug-likeness (QED) is 0.760. The van der Waals surface area contributed by atoms with Gasteiger partial charge in [0.2, 0.25) is 5.91 Å². The monoisotopic (exact) mass is 309 g/mol. The summed E-state index contributed by atoms with van der Waals surface area (Å²) in [7, 11) is 0. The van der Waals surface area contributed by atoms with Gasteiger partial charge in [0.15, 0.2) is 0 Å². The molecule has 2 fully saturated rings. The Hall–Kier alpha value is -1.59. The van der Waals surface area contributed by atoms with Gasteiger partial charge in [-0.3, -0.25) is 14.5 Å². The fourth-order valence-corrected chi connectivity index (χ4v) is 3.30. The van der Waals surface area contributed by atoms with Gasteiger partial charge in [0.05, 0.1) is 0 Å². The van der Waals surface area contributed by atoms with Crippen LogP contribution in [0, 0.1) is 5.92 Å². The van der Waals surface area contributed by atoms with E-state index in [-0.39, 0.29) is 24.4 Å². The van der Waals surface area contributed by atoms with Crippen LogP contribution in [0.15, 0.2) is 0 Å². The Morgan fingerprint density at radius 3 is 2.55 bits per heavy atom. The van der Waals surface area contributed by atoms with Crippen LogP contribution in [-0.2, 0) is 9.59 Å². The third kappa shape index (κ3) is 3.25. The summed E-state index contributed by atoms with van der Waals surface area (Å²) in [6.07, 6.45) is 5.19. The average molecular weight is 309 g/mol. The Bertz CT molecular complexity index is 456. The number of carbonyl (C=O) groups is 3. The third-order valence-corrected chi connectivity index (χ3v) is 5.10. The summed E-state index contributed by atoms with van der Waals surface area (Å²) < 4.78 is 0. The lowest BCUT2D eigenvalue weighted by atomic mass is 9.75. The summed E-state index contributed by atoms with van der Waals surface area (Å²) in [5.41, 5.74) is -0.764. The summed E-state index contributed by atoms with van der Waals surface area (Å²) in [6, 6.07) is -0.388. The lowest BCUT2D eigenvalue weighted by Gasteiger charge is -2.34. The molecule has 0 radical (unpaired) electrons. The molecular formula is C16H27N3O3. The van der Waals surface area contributed by atoms with Gasteiger partial charge in [-0.1, -0.05) is 20.3 Å². The van der Waals surface area contributed by atoms with Gasteiger partial charge in [-0.25, -0.2) is 4.79 Å². The van der Waals surface area contributed by atoms with E-state index in [9.17, 15) is 14.4 Å². The molecule has 22 heavy (non-hydrogen) atoms. The van der Waals surface area contributed by atoms with E-state index in [2.05, 4.69) is 17.6 Å². The Balaban J connectivity index is 1.99. The highest BCUT2D eigenvalue weighted by Crippen LogP contribution is 2.37. The van der Waals surface area contributed by atoms with Gasteiger partial charge in [-0.2, -0.15) is 0 Å². The van der Waals surface area contributed by atoms with Crippen LogP contribution in [0.1, 0.15) is 59.3 Å². The number of rotatable bonds is 5. The molecule has 1 aliphatic heterocycles. The normalized spacial score (nSPS) is 29.6. The predicted molar refractivity (Wildman–Crippen MR) is 83.1 cm³/mol. The zero-order chi connectivity index (χ0) is 16.3. The van der Waals surface area contributed by atoms with E-state index in [1.54, 1.807) is 0 Å². The van der Waals surface area contributed by atoms with E-state index in [0.29, 0.717) is 18.8 Å². The Kier molecular flexibility index (Phi) is 5.08. The number of amides is 4. The number of hydrogen-bond acceptors (Lipinski definition) is 3. The number of urea groups is 1. The molecular weight excluding hydrogens is 282 g/mol.